The van der Waals surface area contributed by atoms with Gasteiger partial charge >= 0.3 is 0 Å². The van der Waals surface area contributed by atoms with Gasteiger partial charge in [0.1, 0.15) is 11.5 Å². The first-order valence-corrected chi connectivity index (χ1v) is 13.1. The Labute approximate surface area is 208 Å². The molecular weight excluding hydrogens is 432 g/mol. The maximum absolute atomic E-state index is 6.26. The molecule has 1 aliphatic rings. The Kier molecular flexibility index (Phi) is 8.15. The van der Waals surface area contributed by atoms with Gasteiger partial charge in [0.05, 0.1) is 13.2 Å². The van der Waals surface area contributed by atoms with Crippen molar-refractivity contribution in [3.63, 3.8) is 0 Å². The molecule has 0 aliphatic carbocycles. The lowest BCUT2D eigenvalue weighted by atomic mass is 10.0. The van der Waals surface area contributed by atoms with Gasteiger partial charge in [-0.1, -0.05) is 60.7 Å². The number of hydrogen-bond acceptors (Lipinski definition) is 4. The van der Waals surface area contributed by atoms with Gasteiger partial charge in [-0.3, -0.25) is 0 Å². The molecule has 0 bridgehead atoms. The van der Waals surface area contributed by atoms with E-state index in [1.165, 1.54) is 32.7 Å². The summed E-state index contributed by atoms with van der Waals surface area (Å²) in [5, 5.41) is 12.4. The van der Waals surface area contributed by atoms with Crippen LogP contribution in [0.15, 0.2) is 72.8 Å². The highest BCUT2D eigenvalue weighted by atomic mass is 16.5. The number of rotatable bonds is 0. The van der Waals surface area contributed by atoms with Crippen LogP contribution in [-0.2, 0) is 13.1 Å². The van der Waals surface area contributed by atoms with E-state index in [9.17, 15) is 0 Å². The van der Waals surface area contributed by atoms with Crippen molar-refractivity contribution in [1.82, 2.24) is 10.6 Å². The van der Waals surface area contributed by atoms with Gasteiger partial charge in [0.15, 0.2) is 0 Å². The van der Waals surface area contributed by atoms with Crippen LogP contribution < -0.4 is 20.1 Å². The molecular formula is C31H36N2O2. The monoisotopic (exact) mass is 468 g/mol. The van der Waals surface area contributed by atoms with Crippen LogP contribution in [0.4, 0.5) is 0 Å². The van der Waals surface area contributed by atoms with Crippen molar-refractivity contribution in [1.29, 1.82) is 0 Å². The fraction of sp³-hybridized carbons (Fsp3) is 0.355. The molecule has 4 heteroatoms. The molecule has 0 fully saturated rings. The Morgan fingerprint density at radius 2 is 0.971 bits per heavy atom. The molecule has 0 unspecified atom stereocenters. The van der Waals surface area contributed by atoms with Gasteiger partial charge in [-0.05, 0) is 78.9 Å². The Morgan fingerprint density at radius 3 is 1.49 bits per heavy atom. The van der Waals surface area contributed by atoms with E-state index in [1.54, 1.807) is 0 Å². The zero-order valence-electron chi connectivity index (χ0n) is 20.5. The van der Waals surface area contributed by atoms with Crippen molar-refractivity contribution in [3.05, 3.63) is 83.9 Å². The van der Waals surface area contributed by atoms with Gasteiger partial charge in [0.2, 0.25) is 0 Å². The van der Waals surface area contributed by atoms with E-state index in [0.29, 0.717) is 0 Å². The van der Waals surface area contributed by atoms with E-state index < -0.39 is 0 Å². The van der Waals surface area contributed by atoms with Crippen LogP contribution in [0.3, 0.4) is 0 Å². The molecule has 1 heterocycles. The van der Waals surface area contributed by atoms with Crippen molar-refractivity contribution in [2.24, 2.45) is 0 Å². The highest BCUT2D eigenvalue weighted by Gasteiger charge is 2.11. The normalized spacial score (nSPS) is 16.7. The summed E-state index contributed by atoms with van der Waals surface area (Å²) in [5.74, 6) is 2.02. The fourth-order valence-corrected chi connectivity index (χ4v) is 4.95. The van der Waals surface area contributed by atoms with E-state index in [0.717, 1.165) is 83.0 Å². The SMILES string of the molecule is c1ccc2c3c(ccc2c1)OCCCCCCOc1ccc2ccccc2c1CNCCCNC3. The molecule has 0 amide bonds. The average molecular weight is 469 g/mol. The van der Waals surface area contributed by atoms with Crippen LogP contribution in [0.2, 0.25) is 0 Å². The predicted molar refractivity (Wildman–Crippen MR) is 145 cm³/mol. The molecule has 5 rings (SSSR count). The lowest BCUT2D eigenvalue weighted by Crippen LogP contribution is -2.22. The molecule has 4 aromatic rings. The van der Waals surface area contributed by atoms with Crippen LogP contribution in [0, 0.1) is 0 Å². The summed E-state index contributed by atoms with van der Waals surface area (Å²) in [6, 6.07) is 25.8. The summed E-state index contributed by atoms with van der Waals surface area (Å²) < 4.78 is 12.5. The molecule has 0 spiro atoms. The summed E-state index contributed by atoms with van der Waals surface area (Å²) in [7, 11) is 0. The maximum atomic E-state index is 6.26. The lowest BCUT2D eigenvalue weighted by Gasteiger charge is -2.15. The smallest absolute Gasteiger partial charge is 0.124 e. The van der Waals surface area contributed by atoms with Crippen molar-refractivity contribution in [2.45, 2.75) is 45.2 Å². The summed E-state index contributed by atoms with van der Waals surface area (Å²) in [6.45, 7) is 5.05. The minimum absolute atomic E-state index is 0.755. The Balaban J connectivity index is 1.29. The van der Waals surface area contributed by atoms with Crippen LogP contribution in [-0.4, -0.2) is 26.3 Å². The van der Waals surface area contributed by atoms with Crippen molar-refractivity contribution in [2.75, 3.05) is 26.3 Å². The van der Waals surface area contributed by atoms with Gasteiger partial charge in [0.25, 0.3) is 0 Å². The molecule has 0 saturated heterocycles. The fourth-order valence-electron chi connectivity index (χ4n) is 4.95. The first kappa shape index (κ1) is 23.7. The van der Waals surface area contributed by atoms with Crippen LogP contribution in [0.25, 0.3) is 21.5 Å². The number of hydrogen-bond donors (Lipinski definition) is 2. The van der Waals surface area contributed by atoms with E-state index in [1.807, 2.05) is 0 Å². The molecule has 0 atom stereocenters. The van der Waals surface area contributed by atoms with E-state index >= 15 is 0 Å². The zero-order chi connectivity index (χ0) is 23.7. The Bertz CT molecular complexity index is 1160. The van der Waals surface area contributed by atoms with Gasteiger partial charge in [-0.25, -0.2) is 0 Å². The van der Waals surface area contributed by atoms with Crippen molar-refractivity contribution >= 4 is 21.5 Å². The van der Waals surface area contributed by atoms with E-state index in [2.05, 4.69) is 83.4 Å². The second-order valence-electron chi connectivity index (χ2n) is 9.35. The van der Waals surface area contributed by atoms with Crippen LogP contribution in [0.1, 0.15) is 43.2 Å². The maximum Gasteiger partial charge on any atom is 0.124 e. The predicted octanol–water partition coefficient (Wildman–Crippen LogP) is 6.59. The van der Waals surface area contributed by atoms with Gasteiger partial charge < -0.3 is 20.1 Å². The van der Waals surface area contributed by atoms with E-state index in [-0.39, 0.29) is 0 Å². The molecule has 0 aromatic heterocycles. The number of ether oxygens (including phenoxy) is 2. The number of fused-ring (bicyclic) bond motifs is 6. The molecule has 4 nitrogen and oxygen atoms in total. The van der Waals surface area contributed by atoms with Crippen molar-refractivity contribution in [3.8, 4) is 11.5 Å². The van der Waals surface area contributed by atoms with Crippen LogP contribution >= 0.6 is 0 Å². The summed E-state index contributed by atoms with van der Waals surface area (Å²) >= 11 is 0. The minimum Gasteiger partial charge on any atom is -0.493 e. The molecule has 4 aromatic carbocycles. The first-order chi connectivity index (χ1) is 17.4. The van der Waals surface area contributed by atoms with E-state index in [4.69, 9.17) is 9.47 Å². The second-order valence-corrected chi connectivity index (χ2v) is 9.35. The number of benzene rings is 4. The summed E-state index contributed by atoms with van der Waals surface area (Å²) in [6.07, 6.45) is 5.48. The van der Waals surface area contributed by atoms with Crippen LogP contribution in [0.5, 0.6) is 11.5 Å². The standard InChI is InChI=1S/C31H36N2O2/c1-2-8-21-35-31-17-15-25-11-4-6-13-27(25)29(31)23-33-19-9-18-32-22-28-26-12-5-3-10-24(26)14-16-30(28)34-20-7-1/h3-6,10-17,32-33H,1-2,7-9,18-23H2. The molecule has 0 saturated carbocycles. The van der Waals surface area contributed by atoms with Crippen molar-refractivity contribution < 1.29 is 9.47 Å². The molecule has 182 valence electrons. The highest BCUT2D eigenvalue weighted by Crippen LogP contribution is 2.30. The Morgan fingerprint density at radius 1 is 0.486 bits per heavy atom. The van der Waals surface area contributed by atoms with Gasteiger partial charge in [-0.15, -0.1) is 0 Å². The molecule has 35 heavy (non-hydrogen) atoms. The quantitative estimate of drug-likeness (QED) is 0.305. The molecule has 2 N–H and O–H groups in total. The molecule has 0 radical (unpaired) electrons. The third-order valence-electron chi connectivity index (χ3n) is 6.86. The topological polar surface area (TPSA) is 42.5 Å². The lowest BCUT2D eigenvalue weighted by molar-refractivity contribution is 0.285. The van der Waals surface area contributed by atoms with Gasteiger partial charge in [-0.2, -0.15) is 0 Å². The zero-order valence-corrected chi connectivity index (χ0v) is 20.5. The second kappa shape index (κ2) is 12.1. The number of nitrogens with one attached hydrogen (secondary N) is 2. The first-order valence-electron chi connectivity index (χ1n) is 13.1. The highest BCUT2D eigenvalue weighted by molar-refractivity contribution is 5.88. The largest absolute Gasteiger partial charge is 0.493 e. The average Bonchev–Trinajstić information content (AvgIpc) is 2.90. The minimum atomic E-state index is 0.755. The third kappa shape index (κ3) is 5.95. The molecule has 1 aliphatic heterocycles. The summed E-state index contributed by atoms with van der Waals surface area (Å²) in [4.78, 5) is 0. The summed E-state index contributed by atoms with van der Waals surface area (Å²) in [5.41, 5.74) is 2.53. The Hall–Kier alpha value is -3.08. The third-order valence-corrected chi connectivity index (χ3v) is 6.86. The van der Waals surface area contributed by atoms with Gasteiger partial charge in [0, 0.05) is 24.2 Å².